The van der Waals surface area contributed by atoms with Gasteiger partial charge in [0.2, 0.25) is 0 Å². The molecule has 2 aromatic carbocycles. The van der Waals surface area contributed by atoms with Crippen LogP contribution in [0.2, 0.25) is 0 Å². The van der Waals surface area contributed by atoms with Crippen molar-refractivity contribution in [3.05, 3.63) is 71.0 Å². The maximum absolute atomic E-state index is 6.60. The van der Waals surface area contributed by atoms with E-state index in [0.717, 1.165) is 57.2 Å². The third-order valence-corrected chi connectivity index (χ3v) is 6.38. The van der Waals surface area contributed by atoms with Gasteiger partial charge in [0.15, 0.2) is 0 Å². The Labute approximate surface area is 183 Å². The number of benzene rings is 2. The summed E-state index contributed by atoms with van der Waals surface area (Å²) in [4.78, 5) is 0. The lowest BCUT2D eigenvalue weighted by Gasteiger charge is -2.43. The zero-order valence-corrected chi connectivity index (χ0v) is 18.5. The molecule has 0 saturated carbocycles. The summed E-state index contributed by atoms with van der Waals surface area (Å²) in [6.07, 6.45) is 0.323. The summed E-state index contributed by atoms with van der Waals surface area (Å²) >= 11 is 0. The molecular weight excluding hydrogens is 392 g/mol. The molecule has 0 bridgehead atoms. The Morgan fingerprint density at radius 1 is 1.06 bits per heavy atom. The summed E-state index contributed by atoms with van der Waals surface area (Å²) < 4.78 is 30.7. The van der Waals surface area contributed by atoms with Crippen LogP contribution in [-0.4, -0.2) is 25.9 Å². The van der Waals surface area contributed by atoms with Crippen LogP contribution in [0.3, 0.4) is 0 Å². The minimum absolute atomic E-state index is 0.0186. The lowest BCUT2D eigenvalue weighted by molar-refractivity contribution is -0.0141. The van der Waals surface area contributed by atoms with Gasteiger partial charge in [0.25, 0.3) is 0 Å². The zero-order chi connectivity index (χ0) is 21.9. The fourth-order valence-corrected chi connectivity index (χ4v) is 4.89. The number of rotatable bonds is 4. The minimum Gasteiger partial charge on any atom is -0.496 e. The average Bonchev–Trinajstić information content (AvgIpc) is 3.18. The van der Waals surface area contributed by atoms with E-state index in [2.05, 4.69) is 25.3 Å². The van der Waals surface area contributed by atoms with Crippen LogP contribution < -0.4 is 18.9 Å². The molecule has 0 aromatic heterocycles. The molecule has 162 valence electrons. The van der Waals surface area contributed by atoms with Crippen molar-refractivity contribution in [2.24, 2.45) is 0 Å². The number of allylic oxidation sites excluding steroid dienone is 1. The molecule has 0 fully saturated rings. The molecule has 3 aliphatic heterocycles. The number of fused-ring (bicyclic) bond motifs is 6. The molecule has 0 amide bonds. The third kappa shape index (κ3) is 3.14. The molecule has 0 N–H and O–H groups in total. The van der Waals surface area contributed by atoms with Crippen LogP contribution in [0.4, 0.5) is 0 Å². The van der Waals surface area contributed by atoms with Crippen LogP contribution in [0, 0.1) is 6.92 Å². The summed E-state index contributed by atoms with van der Waals surface area (Å²) in [7, 11) is 1.67. The normalized spacial score (nSPS) is 24.9. The van der Waals surface area contributed by atoms with Gasteiger partial charge in [-0.25, -0.2) is 0 Å². The van der Waals surface area contributed by atoms with E-state index in [1.165, 1.54) is 0 Å². The van der Waals surface area contributed by atoms with Crippen molar-refractivity contribution >= 4 is 0 Å². The Morgan fingerprint density at radius 2 is 1.87 bits per heavy atom. The Kier molecular flexibility index (Phi) is 4.65. The number of methoxy groups -OCH3 is 1. The van der Waals surface area contributed by atoms with Gasteiger partial charge in [0.1, 0.15) is 47.9 Å². The third-order valence-electron chi connectivity index (χ3n) is 6.38. The first-order valence-corrected chi connectivity index (χ1v) is 10.6. The van der Waals surface area contributed by atoms with E-state index in [1.807, 2.05) is 32.9 Å². The largest absolute Gasteiger partial charge is 0.496 e. The number of ether oxygens (including phenoxy) is 5. The van der Waals surface area contributed by atoms with Crippen LogP contribution in [0.15, 0.2) is 48.8 Å². The van der Waals surface area contributed by atoms with E-state index in [1.54, 1.807) is 7.11 Å². The highest BCUT2D eigenvalue weighted by Gasteiger charge is 2.47. The maximum atomic E-state index is 6.60. The molecule has 5 heteroatoms. The molecule has 0 saturated heterocycles. The van der Waals surface area contributed by atoms with Crippen LogP contribution in [0.25, 0.3) is 0 Å². The van der Waals surface area contributed by atoms with Gasteiger partial charge in [-0.1, -0.05) is 13.2 Å². The Morgan fingerprint density at radius 3 is 2.58 bits per heavy atom. The molecule has 3 aliphatic rings. The lowest BCUT2D eigenvalue weighted by atomic mass is 9.79. The van der Waals surface area contributed by atoms with Crippen molar-refractivity contribution in [3.8, 4) is 23.0 Å². The molecule has 0 spiro atoms. The predicted molar refractivity (Wildman–Crippen MR) is 118 cm³/mol. The van der Waals surface area contributed by atoms with E-state index >= 15 is 0 Å². The number of hydrogen-bond donors (Lipinski definition) is 0. The molecular formula is C26H28O5. The SMILES string of the molecule is C=C(C)OC1c2ccc3c(c2O[C@@H]2COc4cc(OC)c(C)cc4[C@H]12)C[C@H](C(=C)C)O3. The Bertz CT molecular complexity index is 1090. The second-order valence-corrected chi connectivity index (χ2v) is 8.71. The van der Waals surface area contributed by atoms with Crippen molar-refractivity contribution in [1.29, 1.82) is 0 Å². The molecule has 5 rings (SSSR count). The first kappa shape index (κ1) is 19.9. The van der Waals surface area contributed by atoms with E-state index < -0.39 is 0 Å². The standard InChI is InChI=1S/C26H28O5/c1-13(2)20-10-18-19(30-20)8-7-16-25(18)31-23-12-28-22-11-21(27-6)15(5)9-17(22)24(23)26(16)29-14(3)4/h7-9,11,20,23-24,26H,1,3,10,12H2,2,4-6H3/t20-,23-,24+,26?/m1/s1. The average molecular weight is 421 g/mol. The van der Waals surface area contributed by atoms with E-state index in [0.29, 0.717) is 12.4 Å². The molecule has 2 aromatic rings. The second kappa shape index (κ2) is 7.26. The summed E-state index contributed by atoms with van der Waals surface area (Å²) in [5.41, 5.74) is 5.24. The van der Waals surface area contributed by atoms with Crippen LogP contribution >= 0.6 is 0 Å². The highest BCUT2D eigenvalue weighted by atomic mass is 16.6. The van der Waals surface area contributed by atoms with Crippen LogP contribution in [-0.2, 0) is 11.2 Å². The smallest absolute Gasteiger partial charge is 0.143 e. The van der Waals surface area contributed by atoms with Crippen molar-refractivity contribution in [3.63, 3.8) is 0 Å². The topological polar surface area (TPSA) is 46.2 Å². The molecule has 3 heterocycles. The first-order chi connectivity index (χ1) is 14.9. The van der Waals surface area contributed by atoms with Crippen molar-refractivity contribution < 1.29 is 23.7 Å². The zero-order valence-electron chi connectivity index (χ0n) is 18.5. The number of hydrogen-bond acceptors (Lipinski definition) is 5. The van der Waals surface area contributed by atoms with Gasteiger partial charge < -0.3 is 23.7 Å². The summed E-state index contributed by atoms with van der Waals surface area (Å²) in [5.74, 6) is 4.00. The van der Waals surface area contributed by atoms with E-state index in [4.69, 9.17) is 23.7 Å². The Hall–Kier alpha value is -3.08. The van der Waals surface area contributed by atoms with Crippen LogP contribution in [0.5, 0.6) is 23.0 Å². The Balaban J connectivity index is 1.63. The van der Waals surface area contributed by atoms with Gasteiger partial charge in [-0.2, -0.15) is 0 Å². The van der Waals surface area contributed by atoms with E-state index in [-0.39, 0.29) is 24.2 Å². The molecule has 0 aliphatic carbocycles. The van der Waals surface area contributed by atoms with Crippen molar-refractivity contribution in [2.45, 2.75) is 51.4 Å². The molecule has 4 atom stereocenters. The highest BCUT2D eigenvalue weighted by Crippen LogP contribution is 2.54. The lowest BCUT2D eigenvalue weighted by Crippen LogP contribution is -2.42. The van der Waals surface area contributed by atoms with Gasteiger partial charge in [-0.3, -0.25) is 0 Å². The first-order valence-electron chi connectivity index (χ1n) is 10.6. The fourth-order valence-electron chi connectivity index (χ4n) is 4.89. The number of aryl methyl sites for hydroxylation is 1. The second-order valence-electron chi connectivity index (χ2n) is 8.71. The predicted octanol–water partition coefficient (Wildman–Crippen LogP) is 5.41. The molecule has 5 nitrogen and oxygen atoms in total. The molecule has 31 heavy (non-hydrogen) atoms. The summed E-state index contributed by atoms with van der Waals surface area (Å²) in [6.45, 7) is 14.4. The van der Waals surface area contributed by atoms with Crippen LogP contribution in [0.1, 0.15) is 48.1 Å². The monoisotopic (exact) mass is 420 g/mol. The maximum Gasteiger partial charge on any atom is 0.143 e. The van der Waals surface area contributed by atoms with Crippen molar-refractivity contribution in [1.82, 2.24) is 0 Å². The van der Waals surface area contributed by atoms with Gasteiger partial charge >= 0.3 is 0 Å². The van der Waals surface area contributed by atoms with Gasteiger partial charge in [0.05, 0.1) is 18.8 Å². The molecule has 0 radical (unpaired) electrons. The molecule has 1 unspecified atom stereocenters. The highest BCUT2D eigenvalue weighted by molar-refractivity contribution is 5.58. The van der Waals surface area contributed by atoms with E-state index in [9.17, 15) is 0 Å². The van der Waals surface area contributed by atoms with Crippen molar-refractivity contribution in [2.75, 3.05) is 13.7 Å². The van der Waals surface area contributed by atoms with Gasteiger partial charge in [0, 0.05) is 29.2 Å². The minimum atomic E-state index is -0.226. The summed E-state index contributed by atoms with van der Waals surface area (Å²) in [6, 6.07) is 8.17. The summed E-state index contributed by atoms with van der Waals surface area (Å²) in [5, 5.41) is 0. The van der Waals surface area contributed by atoms with Gasteiger partial charge in [-0.15, -0.1) is 0 Å². The quantitative estimate of drug-likeness (QED) is 0.489. The van der Waals surface area contributed by atoms with Gasteiger partial charge in [-0.05, 0) is 50.1 Å². The fraction of sp³-hybridized carbons (Fsp3) is 0.385.